The first-order valence-electron chi connectivity index (χ1n) is 10.9. The molecule has 1 aromatic heterocycles. The molecular weight excluding hydrogens is 422 g/mol. The number of benzene rings is 2. The van der Waals surface area contributed by atoms with Crippen LogP contribution in [-0.2, 0) is 23.1 Å². The summed E-state index contributed by atoms with van der Waals surface area (Å²) in [6.45, 7) is 2.38. The number of hydrogen-bond donors (Lipinski definition) is 1. The Bertz CT molecular complexity index is 993. The molecule has 3 rings (SSSR count). The van der Waals surface area contributed by atoms with E-state index in [2.05, 4.69) is 4.90 Å². The lowest BCUT2D eigenvalue weighted by atomic mass is 10.1. The van der Waals surface area contributed by atoms with Crippen molar-refractivity contribution in [3.8, 4) is 28.6 Å². The number of aromatic nitrogens is 2. The minimum atomic E-state index is -0.619. The average Bonchev–Trinajstić information content (AvgIpc) is 3.13. The van der Waals surface area contributed by atoms with Crippen molar-refractivity contribution >= 4 is 0 Å². The smallest absolute Gasteiger partial charge is 0.222 e. The lowest BCUT2D eigenvalue weighted by Crippen LogP contribution is -2.36. The van der Waals surface area contributed by atoms with Crippen molar-refractivity contribution in [3.63, 3.8) is 0 Å². The average molecular weight is 456 g/mol. The van der Waals surface area contributed by atoms with E-state index in [0.29, 0.717) is 43.6 Å². The van der Waals surface area contributed by atoms with Gasteiger partial charge in [0, 0.05) is 52.5 Å². The Labute approximate surface area is 195 Å². The van der Waals surface area contributed by atoms with Gasteiger partial charge in [-0.3, -0.25) is 4.90 Å². The van der Waals surface area contributed by atoms with E-state index in [4.69, 9.17) is 24.0 Å². The van der Waals surface area contributed by atoms with E-state index in [1.807, 2.05) is 61.6 Å². The zero-order valence-electron chi connectivity index (χ0n) is 19.7. The van der Waals surface area contributed by atoms with Crippen LogP contribution in [0.2, 0.25) is 0 Å². The highest BCUT2D eigenvalue weighted by Crippen LogP contribution is 2.35. The van der Waals surface area contributed by atoms with Crippen molar-refractivity contribution < 1.29 is 24.1 Å². The number of rotatable bonds is 13. The van der Waals surface area contributed by atoms with E-state index in [9.17, 15) is 5.11 Å². The molecule has 0 unspecified atom stereocenters. The summed E-state index contributed by atoms with van der Waals surface area (Å²) >= 11 is 0. The second-order valence-corrected chi connectivity index (χ2v) is 7.74. The summed E-state index contributed by atoms with van der Waals surface area (Å²) in [6.07, 6.45) is -0.619. The summed E-state index contributed by atoms with van der Waals surface area (Å²) in [5.74, 6) is 2.00. The number of nitrogens with zero attached hydrogens (tertiary/aromatic N) is 3. The van der Waals surface area contributed by atoms with Gasteiger partial charge in [-0.2, -0.15) is 5.10 Å². The highest BCUT2D eigenvalue weighted by atomic mass is 16.5. The molecule has 1 N–H and O–H groups in total. The van der Waals surface area contributed by atoms with Crippen LogP contribution in [0, 0.1) is 0 Å². The Morgan fingerprint density at radius 1 is 1.00 bits per heavy atom. The lowest BCUT2D eigenvalue weighted by Gasteiger charge is -2.25. The quantitative estimate of drug-likeness (QED) is 0.423. The van der Waals surface area contributed by atoms with Gasteiger partial charge >= 0.3 is 0 Å². The molecule has 8 heteroatoms. The number of hydrogen-bond acceptors (Lipinski definition) is 7. The molecule has 0 saturated carbocycles. The molecule has 2 aromatic carbocycles. The van der Waals surface area contributed by atoms with Crippen LogP contribution in [0.5, 0.6) is 17.4 Å². The van der Waals surface area contributed by atoms with Crippen LogP contribution in [-0.4, -0.2) is 73.5 Å². The molecular formula is C25H33N3O5. The first-order valence-corrected chi connectivity index (χ1v) is 10.9. The third-order valence-electron chi connectivity index (χ3n) is 5.21. The molecule has 0 amide bonds. The molecule has 0 spiro atoms. The first-order chi connectivity index (χ1) is 16.0. The van der Waals surface area contributed by atoms with E-state index < -0.39 is 6.10 Å². The molecule has 0 saturated heterocycles. The Kier molecular flexibility index (Phi) is 9.26. The topological polar surface area (TPSA) is 78.2 Å². The molecule has 33 heavy (non-hydrogen) atoms. The van der Waals surface area contributed by atoms with Crippen LogP contribution in [0.15, 0.2) is 54.6 Å². The third kappa shape index (κ3) is 6.79. The summed E-state index contributed by atoms with van der Waals surface area (Å²) in [4.78, 5) is 2.12. The van der Waals surface area contributed by atoms with Gasteiger partial charge in [0.25, 0.3) is 0 Å². The zero-order valence-corrected chi connectivity index (χ0v) is 19.7. The van der Waals surface area contributed by atoms with E-state index in [-0.39, 0.29) is 6.61 Å². The zero-order chi connectivity index (χ0) is 23.6. The molecule has 8 nitrogen and oxygen atoms in total. The minimum Gasteiger partial charge on any atom is -0.497 e. The second-order valence-electron chi connectivity index (χ2n) is 7.74. The number of aliphatic hydroxyl groups is 1. The fourth-order valence-electron chi connectivity index (χ4n) is 3.65. The van der Waals surface area contributed by atoms with Crippen molar-refractivity contribution in [1.29, 1.82) is 0 Å². The fourth-order valence-corrected chi connectivity index (χ4v) is 3.65. The van der Waals surface area contributed by atoms with Gasteiger partial charge in [-0.05, 0) is 12.1 Å². The van der Waals surface area contributed by atoms with Crippen molar-refractivity contribution in [2.75, 3.05) is 47.6 Å². The summed E-state index contributed by atoms with van der Waals surface area (Å²) < 4.78 is 23.8. The number of aliphatic hydroxyl groups excluding tert-OH is 1. The van der Waals surface area contributed by atoms with Crippen molar-refractivity contribution in [1.82, 2.24) is 14.7 Å². The molecule has 3 aromatic rings. The predicted octanol–water partition coefficient (Wildman–Crippen LogP) is 3.34. The van der Waals surface area contributed by atoms with Gasteiger partial charge < -0.3 is 24.1 Å². The van der Waals surface area contributed by atoms with Gasteiger partial charge in [0.2, 0.25) is 5.88 Å². The molecule has 0 aliphatic heterocycles. The third-order valence-corrected chi connectivity index (χ3v) is 5.21. The standard InChI is InChI=1S/C25H33N3O5/c1-27-25(33-22-12-8-11-21(15-22)32-4)23(24(26-27)19-9-6-5-7-10-19)17-28(13-14-30-2)16-20(29)18-31-3/h5-12,15,20,29H,13-14,16-18H2,1-4H3/t20-/m0/s1. The van der Waals surface area contributed by atoms with Gasteiger partial charge in [-0.1, -0.05) is 36.4 Å². The van der Waals surface area contributed by atoms with Crippen LogP contribution < -0.4 is 9.47 Å². The summed E-state index contributed by atoms with van der Waals surface area (Å²) in [5.41, 5.74) is 2.75. The van der Waals surface area contributed by atoms with E-state index >= 15 is 0 Å². The Morgan fingerprint density at radius 2 is 1.76 bits per heavy atom. The van der Waals surface area contributed by atoms with Crippen molar-refractivity contribution in [2.24, 2.45) is 7.05 Å². The molecule has 1 heterocycles. The van der Waals surface area contributed by atoms with Gasteiger partial charge in [0.1, 0.15) is 17.2 Å². The van der Waals surface area contributed by atoms with Crippen LogP contribution in [0.4, 0.5) is 0 Å². The maximum Gasteiger partial charge on any atom is 0.222 e. The fraction of sp³-hybridized carbons (Fsp3) is 0.400. The Balaban J connectivity index is 1.99. The lowest BCUT2D eigenvalue weighted by molar-refractivity contribution is 0.0292. The molecule has 0 aliphatic rings. The van der Waals surface area contributed by atoms with Gasteiger partial charge in [-0.15, -0.1) is 0 Å². The highest BCUT2D eigenvalue weighted by molar-refractivity contribution is 5.65. The second kappa shape index (κ2) is 12.4. The first kappa shape index (κ1) is 24.7. The normalized spacial score (nSPS) is 12.2. The monoisotopic (exact) mass is 455 g/mol. The van der Waals surface area contributed by atoms with Gasteiger partial charge in [0.05, 0.1) is 32.0 Å². The van der Waals surface area contributed by atoms with Crippen molar-refractivity contribution in [2.45, 2.75) is 12.6 Å². The maximum atomic E-state index is 10.4. The Hall–Kier alpha value is -2.91. The molecule has 1 atom stereocenters. The molecule has 0 aliphatic carbocycles. The van der Waals surface area contributed by atoms with Crippen LogP contribution >= 0.6 is 0 Å². The number of aryl methyl sites for hydroxylation is 1. The minimum absolute atomic E-state index is 0.259. The molecule has 0 bridgehead atoms. The van der Waals surface area contributed by atoms with Gasteiger partial charge in [-0.25, -0.2) is 4.68 Å². The number of ether oxygens (including phenoxy) is 4. The summed E-state index contributed by atoms with van der Waals surface area (Å²) in [7, 11) is 6.74. The van der Waals surface area contributed by atoms with Gasteiger partial charge in [0.15, 0.2) is 0 Å². The van der Waals surface area contributed by atoms with Crippen LogP contribution in [0.25, 0.3) is 11.3 Å². The van der Waals surface area contributed by atoms with E-state index in [0.717, 1.165) is 16.8 Å². The number of methoxy groups -OCH3 is 3. The molecule has 0 radical (unpaired) electrons. The Morgan fingerprint density at radius 3 is 2.45 bits per heavy atom. The maximum absolute atomic E-state index is 10.4. The predicted molar refractivity (Wildman–Crippen MR) is 127 cm³/mol. The van der Waals surface area contributed by atoms with Crippen molar-refractivity contribution in [3.05, 3.63) is 60.2 Å². The largest absolute Gasteiger partial charge is 0.497 e. The van der Waals surface area contributed by atoms with E-state index in [1.165, 1.54) is 0 Å². The summed E-state index contributed by atoms with van der Waals surface area (Å²) in [5, 5.41) is 15.2. The SMILES string of the molecule is COCCN(Cc1c(-c2ccccc2)nn(C)c1Oc1cccc(OC)c1)C[C@H](O)COC. The van der Waals surface area contributed by atoms with E-state index in [1.54, 1.807) is 26.0 Å². The highest BCUT2D eigenvalue weighted by Gasteiger charge is 2.23. The molecule has 0 fully saturated rings. The molecule has 178 valence electrons. The summed E-state index contributed by atoms with van der Waals surface area (Å²) in [6, 6.07) is 17.5. The van der Waals surface area contributed by atoms with Crippen LogP contribution in [0.1, 0.15) is 5.56 Å². The van der Waals surface area contributed by atoms with Crippen LogP contribution in [0.3, 0.4) is 0 Å².